The number of rotatable bonds is 4. The van der Waals surface area contributed by atoms with Crippen molar-refractivity contribution >= 4 is 17.8 Å². The van der Waals surface area contributed by atoms with Gasteiger partial charge >= 0.3 is 0 Å². The number of fused-ring (bicyclic) bond motifs is 1. The minimum absolute atomic E-state index is 0.0720. The SMILES string of the molecule is CC[N+]1=C(C)C(C)(C)c2cc(CNC=O)ccc21. The zero-order valence-corrected chi connectivity index (χ0v) is 11.6. The summed E-state index contributed by atoms with van der Waals surface area (Å²) in [6, 6.07) is 6.47. The van der Waals surface area contributed by atoms with Crippen molar-refractivity contribution in [3.63, 3.8) is 0 Å². The lowest BCUT2D eigenvalue weighted by Crippen LogP contribution is -2.26. The third kappa shape index (κ3) is 1.84. The Morgan fingerprint density at radius 1 is 1.39 bits per heavy atom. The van der Waals surface area contributed by atoms with E-state index in [2.05, 4.69) is 55.8 Å². The molecule has 0 aromatic heterocycles. The van der Waals surface area contributed by atoms with Crippen LogP contribution in [-0.4, -0.2) is 23.2 Å². The summed E-state index contributed by atoms with van der Waals surface area (Å²) in [5.74, 6) is 0. The summed E-state index contributed by atoms with van der Waals surface area (Å²) in [5.41, 5.74) is 5.27. The summed E-state index contributed by atoms with van der Waals surface area (Å²) in [5, 5.41) is 2.72. The predicted molar refractivity (Wildman–Crippen MR) is 73.5 cm³/mol. The minimum Gasteiger partial charge on any atom is -0.355 e. The molecule has 2 rings (SSSR count). The van der Waals surface area contributed by atoms with Crippen LogP contribution in [0.1, 0.15) is 38.8 Å². The average molecular weight is 245 g/mol. The van der Waals surface area contributed by atoms with Crippen molar-refractivity contribution < 1.29 is 9.37 Å². The Bertz CT molecular complexity index is 515. The van der Waals surface area contributed by atoms with E-state index in [-0.39, 0.29) is 5.41 Å². The maximum absolute atomic E-state index is 10.4. The Kier molecular flexibility index (Phi) is 3.24. The normalized spacial score (nSPS) is 16.7. The molecule has 96 valence electrons. The molecular weight excluding hydrogens is 224 g/mol. The highest BCUT2D eigenvalue weighted by Crippen LogP contribution is 2.39. The number of nitrogens with one attached hydrogen (secondary N) is 1. The molecule has 1 aromatic rings. The Labute approximate surface area is 109 Å². The fourth-order valence-corrected chi connectivity index (χ4v) is 2.71. The largest absolute Gasteiger partial charge is 0.355 e. The standard InChI is InChI=1S/C15H20N2O/c1-5-17-11(2)15(3,4)13-8-12(9-16-10-18)6-7-14(13)17/h6-8,10H,5,9H2,1-4H3/p+1. The average Bonchev–Trinajstić information content (AvgIpc) is 2.55. The summed E-state index contributed by atoms with van der Waals surface area (Å²) in [6.45, 7) is 10.5. The number of amides is 1. The Morgan fingerprint density at radius 2 is 2.11 bits per heavy atom. The number of benzene rings is 1. The van der Waals surface area contributed by atoms with Gasteiger partial charge in [-0.25, -0.2) is 0 Å². The lowest BCUT2D eigenvalue weighted by molar-refractivity contribution is -0.434. The van der Waals surface area contributed by atoms with Gasteiger partial charge in [-0.05, 0) is 32.4 Å². The topological polar surface area (TPSA) is 32.1 Å². The van der Waals surface area contributed by atoms with Crippen molar-refractivity contribution in [2.45, 2.75) is 39.7 Å². The number of carbonyl (C=O) groups excluding carboxylic acids is 1. The first-order valence-corrected chi connectivity index (χ1v) is 6.44. The van der Waals surface area contributed by atoms with E-state index in [0.717, 1.165) is 18.5 Å². The van der Waals surface area contributed by atoms with Gasteiger partial charge in [-0.15, -0.1) is 0 Å². The van der Waals surface area contributed by atoms with Gasteiger partial charge in [-0.1, -0.05) is 6.07 Å². The second-order valence-electron chi connectivity index (χ2n) is 5.30. The van der Waals surface area contributed by atoms with Gasteiger partial charge in [0.1, 0.15) is 6.54 Å². The molecule has 1 amide bonds. The highest BCUT2D eigenvalue weighted by molar-refractivity contribution is 5.93. The van der Waals surface area contributed by atoms with E-state index >= 15 is 0 Å². The van der Waals surface area contributed by atoms with Crippen LogP contribution < -0.4 is 5.32 Å². The Morgan fingerprint density at radius 3 is 2.72 bits per heavy atom. The van der Waals surface area contributed by atoms with E-state index in [1.54, 1.807) is 0 Å². The third-order valence-corrected chi connectivity index (χ3v) is 4.04. The van der Waals surface area contributed by atoms with Gasteiger partial charge in [-0.3, -0.25) is 4.79 Å². The van der Waals surface area contributed by atoms with Crippen molar-refractivity contribution in [2.24, 2.45) is 0 Å². The Balaban J connectivity index is 2.46. The van der Waals surface area contributed by atoms with Crippen LogP contribution in [0, 0.1) is 0 Å². The summed E-state index contributed by atoms with van der Waals surface area (Å²) in [4.78, 5) is 10.4. The molecule has 18 heavy (non-hydrogen) atoms. The van der Waals surface area contributed by atoms with Crippen LogP contribution in [0.2, 0.25) is 0 Å². The first kappa shape index (κ1) is 12.8. The molecule has 1 aliphatic rings. The van der Waals surface area contributed by atoms with Gasteiger partial charge in [-0.2, -0.15) is 4.58 Å². The molecule has 3 nitrogen and oxygen atoms in total. The molecule has 1 aromatic carbocycles. The van der Waals surface area contributed by atoms with Gasteiger partial charge < -0.3 is 5.32 Å². The molecule has 0 radical (unpaired) electrons. The molecule has 1 N–H and O–H groups in total. The molecule has 0 atom stereocenters. The highest BCUT2D eigenvalue weighted by Gasteiger charge is 2.42. The molecule has 0 aliphatic carbocycles. The second-order valence-corrected chi connectivity index (χ2v) is 5.30. The molecule has 1 aliphatic heterocycles. The molecular formula is C15H21N2O+. The fraction of sp³-hybridized carbons (Fsp3) is 0.467. The summed E-state index contributed by atoms with van der Waals surface area (Å²) < 4.78 is 2.37. The lowest BCUT2D eigenvalue weighted by Gasteiger charge is -2.15. The van der Waals surface area contributed by atoms with Crippen molar-refractivity contribution in [3.05, 3.63) is 29.3 Å². The molecule has 0 saturated carbocycles. The molecule has 0 bridgehead atoms. The maximum Gasteiger partial charge on any atom is 0.209 e. The molecule has 3 heteroatoms. The molecule has 0 spiro atoms. The Hall–Kier alpha value is -1.64. The highest BCUT2D eigenvalue weighted by atomic mass is 16.1. The zero-order valence-electron chi connectivity index (χ0n) is 11.6. The van der Waals surface area contributed by atoms with E-state index in [4.69, 9.17) is 0 Å². The number of nitrogens with zero attached hydrogens (tertiary/aromatic N) is 1. The van der Waals surface area contributed by atoms with E-state index in [1.807, 2.05) is 0 Å². The van der Waals surface area contributed by atoms with Gasteiger partial charge in [0.05, 0.1) is 5.41 Å². The van der Waals surface area contributed by atoms with Gasteiger partial charge in [0, 0.05) is 25.1 Å². The first-order chi connectivity index (χ1) is 8.52. The fourth-order valence-electron chi connectivity index (χ4n) is 2.71. The number of carbonyl (C=O) groups is 1. The smallest absolute Gasteiger partial charge is 0.209 e. The molecule has 1 heterocycles. The quantitative estimate of drug-likeness (QED) is 0.641. The van der Waals surface area contributed by atoms with Crippen molar-refractivity contribution in [1.29, 1.82) is 0 Å². The van der Waals surface area contributed by atoms with Gasteiger partial charge in [0.25, 0.3) is 0 Å². The predicted octanol–water partition coefficient (Wildman–Crippen LogP) is 2.35. The second kappa shape index (κ2) is 4.56. The first-order valence-electron chi connectivity index (χ1n) is 6.44. The van der Waals surface area contributed by atoms with Crippen LogP contribution in [0.3, 0.4) is 0 Å². The summed E-state index contributed by atoms with van der Waals surface area (Å²) in [7, 11) is 0. The summed E-state index contributed by atoms with van der Waals surface area (Å²) in [6.07, 6.45) is 0.744. The third-order valence-electron chi connectivity index (χ3n) is 4.04. The number of hydrogen-bond acceptors (Lipinski definition) is 1. The van der Waals surface area contributed by atoms with Crippen molar-refractivity contribution in [1.82, 2.24) is 5.32 Å². The van der Waals surface area contributed by atoms with Crippen LogP contribution in [0.15, 0.2) is 18.2 Å². The van der Waals surface area contributed by atoms with Crippen LogP contribution in [-0.2, 0) is 16.8 Å². The van der Waals surface area contributed by atoms with E-state index in [1.165, 1.54) is 17.0 Å². The zero-order chi connectivity index (χ0) is 13.3. The van der Waals surface area contributed by atoms with Crippen LogP contribution in [0.5, 0.6) is 0 Å². The number of hydrogen-bond donors (Lipinski definition) is 1. The van der Waals surface area contributed by atoms with Gasteiger partial charge in [0.15, 0.2) is 5.71 Å². The van der Waals surface area contributed by atoms with E-state index in [0.29, 0.717) is 6.54 Å². The van der Waals surface area contributed by atoms with Gasteiger partial charge in [0.2, 0.25) is 12.1 Å². The molecule has 0 saturated heterocycles. The van der Waals surface area contributed by atoms with Crippen LogP contribution >= 0.6 is 0 Å². The monoisotopic (exact) mass is 245 g/mol. The van der Waals surface area contributed by atoms with Crippen LogP contribution in [0.4, 0.5) is 5.69 Å². The lowest BCUT2D eigenvalue weighted by atomic mass is 9.81. The molecule has 0 unspecified atom stereocenters. The summed E-state index contributed by atoms with van der Waals surface area (Å²) >= 11 is 0. The molecule has 0 fully saturated rings. The van der Waals surface area contributed by atoms with Crippen molar-refractivity contribution in [3.8, 4) is 0 Å². The maximum atomic E-state index is 10.4. The van der Waals surface area contributed by atoms with E-state index in [9.17, 15) is 4.79 Å². The minimum atomic E-state index is 0.0720. The van der Waals surface area contributed by atoms with Crippen LogP contribution in [0.25, 0.3) is 0 Å². The van der Waals surface area contributed by atoms with E-state index < -0.39 is 0 Å². The van der Waals surface area contributed by atoms with Crippen molar-refractivity contribution in [2.75, 3.05) is 6.54 Å².